The molecule has 1 aromatic heterocycles. The summed E-state index contributed by atoms with van der Waals surface area (Å²) in [6.07, 6.45) is 10.9. The van der Waals surface area contributed by atoms with Crippen molar-refractivity contribution in [3.63, 3.8) is 0 Å². The maximum absolute atomic E-state index is 3.70. The molecule has 0 aromatic carbocycles. The highest BCUT2D eigenvalue weighted by atomic mass is 15.4. The van der Waals surface area contributed by atoms with E-state index in [1.165, 1.54) is 19.3 Å². The Hall–Kier alpha value is -1.18. The zero-order valence-corrected chi connectivity index (χ0v) is 8.08. The van der Waals surface area contributed by atoms with Crippen molar-refractivity contribution in [2.24, 2.45) is 0 Å². The molecule has 1 aromatic rings. The topological polar surface area (TPSA) is 17.0 Å². The Morgan fingerprint density at radius 1 is 1.15 bits per heavy atom. The summed E-state index contributed by atoms with van der Waals surface area (Å²) in [5.74, 6) is 0. The minimum Gasteiger partial charge on any atom is -0.326 e. The third-order valence-corrected chi connectivity index (χ3v) is 1.98. The van der Waals surface area contributed by atoms with Crippen molar-refractivity contribution in [2.75, 3.05) is 12.0 Å². The number of allylic oxidation sites excluding steroid dienone is 1. The summed E-state index contributed by atoms with van der Waals surface area (Å²) in [7, 11) is 0. The summed E-state index contributed by atoms with van der Waals surface area (Å²) < 4.78 is 1.99. The molecule has 0 aliphatic heterocycles. The summed E-state index contributed by atoms with van der Waals surface area (Å²) >= 11 is 0. The third-order valence-electron chi connectivity index (χ3n) is 1.98. The lowest BCUT2D eigenvalue weighted by Crippen LogP contribution is -2.13. The van der Waals surface area contributed by atoms with Gasteiger partial charge < -0.3 is 5.43 Å². The average Bonchev–Trinajstić information content (AvgIpc) is 2.63. The number of aromatic nitrogens is 1. The van der Waals surface area contributed by atoms with Crippen LogP contribution in [-0.4, -0.2) is 11.2 Å². The predicted octanol–water partition coefficient (Wildman–Crippen LogP) is 2.78. The molecule has 1 heterocycles. The van der Waals surface area contributed by atoms with Gasteiger partial charge in [0.25, 0.3) is 0 Å². The molecule has 2 heteroatoms. The van der Waals surface area contributed by atoms with Crippen LogP contribution >= 0.6 is 0 Å². The molecule has 0 aliphatic carbocycles. The van der Waals surface area contributed by atoms with Gasteiger partial charge in [-0.1, -0.05) is 12.5 Å². The van der Waals surface area contributed by atoms with Crippen LogP contribution in [0.1, 0.15) is 25.7 Å². The Labute approximate surface area is 80.2 Å². The maximum Gasteiger partial charge on any atom is 0.0313 e. The van der Waals surface area contributed by atoms with Crippen molar-refractivity contribution in [3.05, 3.63) is 37.2 Å². The van der Waals surface area contributed by atoms with E-state index in [0.29, 0.717) is 0 Å². The molecule has 0 aliphatic rings. The minimum atomic E-state index is 1.05. The van der Waals surface area contributed by atoms with Gasteiger partial charge in [-0.3, -0.25) is 4.68 Å². The number of rotatable bonds is 7. The summed E-state index contributed by atoms with van der Waals surface area (Å²) in [5.41, 5.74) is 3.29. The Balaban J connectivity index is 1.93. The van der Waals surface area contributed by atoms with E-state index in [1.807, 2.05) is 35.3 Å². The van der Waals surface area contributed by atoms with Crippen LogP contribution in [0.15, 0.2) is 37.2 Å². The molecule has 0 radical (unpaired) electrons. The van der Waals surface area contributed by atoms with Gasteiger partial charge in [-0.2, -0.15) is 0 Å². The van der Waals surface area contributed by atoms with Gasteiger partial charge >= 0.3 is 0 Å². The van der Waals surface area contributed by atoms with E-state index in [-0.39, 0.29) is 0 Å². The number of nitrogens with one attached hydrogen (secondary N) is 1. The van der Waals surface area contributed by atoms with Crippen molar-refractivity contribution in [2.45, 2.75) is 25.7 Å². The normalized spacial score (nSPS) is 9.85. The standard InChI is InChI=1S/C11H18N2/c1-2-3-4-5-6-9-12-13-10-7-8-11-13/h2,7-8,10-12H,1,3-6,9H2. The van der Waals surface area contributed by atoms with Crippen molar-refractivity contribution < 1.29 is 0 Å². The lowest BCUT2D eigenvalue weighted by atomic mass is 10.2. The second-order valence-corrected chi connectivity index (χ2v) is 3.14. The molecule has 1 N–H and O–H groups in total. The van der Waals surface area contributed by atoms with Gasteiger partial charge in [0.15, 0.2) is 0 Å². The second kappa shape index (κ2) is 6.35. The van der Waals surface area contributed by atoms with Crippen LogP contribution in [0.25, 0.3) is 0 Å². The van der Waals surface area contributed by atoms with Crippen LogP contribution in [0.4, 0.5) is 0 Å². The number of nitrogens with zero attached hydrogens (tertiary/aromatic N) is 1. The molecular weight excluding hydrogens is 160 g/mol. The quantitative estimate of drug-likeness (QED) is 0.502. The first-order chi connectivity index (χ1) is 6.43. The van der Waals surface area contributed by atoms with Crippen LogP contribution in [0, 0.1) is 0 Å². The van der Waals surface area contributed by atoms with E-state index < -0.39 is 0 Å². The summed E-state index contributed by atoms with van der Waals surface area (Å²) in [6.45, 7) is 4.75. The van der Waals surface area contributed by atoms with Gasteiger partial charge in [0.05, 0.1) is 0 Å². The van der Waals surface area contributed by atoms with Crippen molar-refractivity contribution in [1.29, 1.82) is 0 Å². The molecule has 0 unspecified atom stereocenters. The lowest BCUT2D eigenvalue weighted by molar-refractivity contribution is 0.679. The van der Waals surface area contributed by atoms with Crippen molar-refractivity contribution in [1.82, 2.24) is 4.68 Å². The zero-order valence-electron chi connectivity index (χ0n) is 8.08. The monoisotopic (exact) mass is 178 g/mol. The smallest absolute Gasteiger partial charge is 0.0313 e. The Morgan fingerprint density at radius 2 is 1.92 bits per heavy atom. The van der Waals surface area contributed by atoms with E-state index >= 15 is 0 Å². The molecule has 0 spiro atoms. The van der Waals surface area contributed by atoms with Gasteiger partial charge in [0.2, 0.25) is 0 Å². The number of hydrogen-bond acceptors (Lipinski definition) is 1. The molecule has 0 saturated carbocycles. The van der Waals surface area contributed by atoms with E-state index in [4.69, 9.17) is 0 Å². The lowest BCUT2D eigenvalue weighted by Gasteiger charge is -2.06. The fourth-order valence-corrected chi connectivity index (χ4v) is 1.24. The Morgan fingerprint density at radius 3 is 2.62 bits per heavy atom. The SMILES string of the molecule is C=CCCCCCNn1cccc1. The zero-order chi connectivity index (χ0) is 9.36. The molecule has 0 atom stereocenters. The number of unbranched alkanes of at least 4 members (excludes halogenated alkanes) is 3. The van der Waals surface area contributed by atoms with Gasteiger partial charge in [-0.05, 0) is 31.4 Å². The summed E-state index contributed by atoms with van der Waals surface area (Å²) in [6, 6.07) is 4.04. The molecule has 0 amide bonds. The molecule has 1 rings (SSSR count). The average molecular weight is 178 g/mol. The van der Waals surface area contributed by atoms with Crippen molar-refractivity contribution >= 4 is 0 Å². The molecule has 2 nitrogen and oxygen atoms in total. The first-order valence-corrected chi connectivity index (χ1v) is 4.91. The molecular formula is C11H18N2. The highest BCUT2D eigenvalue weighted by molar-refractivity contribution is 4.92. The molecule has 0 bridgehead atoms. The van der Waals surface area contributed by atoms with Gasteiger partial charge in [-0.25, -0.2) is 0 Å². The summed E-state index contributed by atoms with van der Waals surface area (Å²) in [5, 5.41) is 0. The highest BCUT2D eigenvalue weighted by Gasteiger charge is 1.88. The minimum absolute atomic E-state index is 1.05. The van der Waals surface area contributed by atoms with Gasteiger partial charge in [0.1, 0.15) is 0 Å². The fourth-order valence-electron chi connectivity index (χ4n) is 1.24. The second-order valence-electron chi connectivity index (χ2n) is 3.14. The highest BCUT2D eigenvalue weighted by Crippen LogP contribution is 1.99. The van der Waals surface area contributed by atoms with Crippen molar-refractivity contribution in [3.8, 4) is 0 Å². The fraction of sp³-hybridized carbons (Fsp3) is 0.455. The van der Waals surface area contributed by atoms with E-state index in [0.717, 1.165) is 13.0 Å². The first kappa shape index (κ1) is 9.90. The van der Waals surface area contributed by atoms with Crippen LogP contribution in [0.5, 0.6) is 0 Å². The molecule has 13 heavy (non-hydrogen) atoms. The Bertz CT molecular complexity index is 214. The van der Waals surface area contributed by atoms with Crippen LogP contribution in [-0.2, 0) is 0 Å². The van der Waals surface area contributed by atoms with Crippen LogP contribution < -0.4 is 5.43 Å². The van der Waals surface area contributed by atoms with Gasteiger partial charge in [0, 0.05) is 18.9 Å². The first-order valence-electron chi connectivity index (χ1n) is 4.91. The largest absolute Gasteiger partial charge is 0.326 e. The molecule has 72 valence electrons. The van der Waals surface area contributed by atoms with Gasteiger partial charge in [-0.15, -0.1) is 6.58 Å². The van der Waals surface area contributed by atoms with Crippen LogP contribution in [0.2, 0.25) is 0 Å². The van der Waals surface area contributed by atoms with E-state index in [1.54, 1.807) is 0 Å². The van der Waals surface area contributed by atoms with E-state index in [2.05, 4.69) is 12.0 Å². The van der Waals surface area contributed by atoms with Crippen LogP contribution in [0.3, 0.4) is 0 Å². The van der Waals surface area contributed by atoms with E-state index in [9.17, 15) is 0 Å². The molecule has 0 fully saturated rings. The molecule has 0 saturated heterocycles. The predicted molar refractivity (Wildman–Crippen MR) is 57.3 cm³/mol. The number of hydrogen-bond donors (Lipinski definition) is 1. The Kier molecular flexibility index (Phi) is 4.84. The maximum atomic E-state index is 3.70. The third kappa shape index (κ3) is 4.41. The summed E-state index contributed by atoms with van der Waals surface area (Å²) in [4.78, 5) is 0.